The molecule has 3 atom stereocenters. The van der Waals surface area contributed by atoms with Gasteiger partial charge in [-0.1, -0.05) is 19.9 Å². The van der Waals surface area contributed by atoms with Gasteiger partial charge in [0.05, 0.1) is 17.4 Å². The first-order chi connectivity index (χ1) is 16.8. The molecule has 190 valence electrons. The summed E-state index contributed by atoms with van der Waals surface area (Å²) in [6.45, 7) is 8.53. The smallest absolute Gasteiger partial charge is 0.257 e. The van der Waals surface area contributed by atoms with Gasteiger partial charge < -0.3 is 19.7 Å². The van der Waals surface area contributed by atoms with Crippen LogP contribution in [0.15, 0.2) is 42.6 Å². The normalized spacial score (nSPS) is 21.9. The second-order valence-electron chi connectivity index (χ2n) is 9.36. The molecule has 0 aliphatic carbocycles. The maximum atomic E-state index is 13.4. The monoisotopic (exact) mass is 482 g/mol. The third-order valence-electron chi connectivity index (χ3n) is 6.43. The van der Waals surface area contributed by atoms with E-state index < -0.39 is 0 Å². The van der Waals surface area contributed by atoms with Gasteiger partial charge >= 0.3 is 0 Å². The van der Waals surface area contributed by atoms with E-state index in [2.05, 4.69) is 29.0 Å². The molecule has 0 spiro atoms. The number of likely N-dealkylation sites (N-methyl/N-ethyl adjacent to an activating group) is 1. The molecule has 2 amide bonds. The summed E-state index contributed by atoms with van der Waals surface area (Å²) in [5.41, 5.74) is 2.00. The van der Waals surface area contributed by atoms with Crippen LogP contribution < -0.4 is 10.1 Å². The van der Waals surface area contributed by atoms with Crippen molar-refractivity contribution in [3.05, 3.63) is 53.9 Å². The van der Waals surface area contributed by atoms with E-state index in [4.69, 9.17) is 9.47 Å². The van der Waals surface area contributed by atoms with Gasteiger partial charge in [-0.15, -0.1) is 0 Å². The molecule has 1 aliphatic rings. The average molecular weight is 483 g/mol. The number of anilines is 1. The zero-order chi connectivity index (χ0) is 25.4. The number of benzene rings is 1. The Labute approximate surface area is 208 Å². The van der Waals surface area contributed by atoms with Crippen LogP contribution in [0.5, 0.6) is 5.75 Å². The minimum Gasteiger partial charge on any atom is -0.491 e. The third kappa shape index (κ3) is 7.26. The number of hydrogen-bond donors (Lipinski definition) is 1. The maximum Gasteiger partial charge on any atom is 0.257 e. The summed E-state index contributed by atoms with van der Waals surface area (Å²) >= 11 is 0. The van der Waals surface area contributed by atoms with Crippen LogP contribution in [0, 0.1) is 5.92 Å². The molecule has 0 unspecified atom stereocenters. The van der Waals surface area contributed by atoms with Gasteiger partial charge in [-0.2, -0.15) is 0 Å². The lowest BCUT2D eigenvalue weighted by molar-refractivity contribution is -0.116. The molecule has 1 aromatic carbocycles. The Kier molecular flexibility index (Phi) is 9.63. The van der Waals surface area contributed by atoms with Crippen LogP contribution in [0.25, 0.3) is 0 Å². The van der Waals surface area contributed by atoms with Gasteiger partial charge in [0.1, 0.15) is 12.4 Å². The highest BCUT2D eigenvalue weighted by molar-refractivity contribution is 5.99. The van der Waals surface area contributed by atoms with E-state index in [-0.39, 0.29) is 29.9 Å². The predicted octanol–water partition coefficient (Wildman–Crippen LogP) is 3.83. The molecule has 1 N–H and O–H groups in total. The fourth-order valence-corrected chi connectivity index (χ4v) is 4.30. The Balaban J connectivity index is 1.92. The molecular formula is C27H38N4O4. The number of nitrogens with zero attached hydrogens (tertiary/aromatic N) is 3. The molecule has 0 saturated carbocycles. The van der Waals surface area contributed by atoms with Gasteiger partial charge in [0, 0.05) is 58.1 Å². The topological polar surface area (TPSA) is 84.0 Å². The van der Waals surface area contributed by atoms with Crippen molar-refractivity contribution in [1.82, 2.24) is 14.8 Å². The number of fused-ring (bicyclic) bond motifs is 1. The van der Waals surface area contributed by atoms with Crippen molar-refractivity contribution in [2.75, 3.05) is 39.2 Å². The zero-order valence-corrected chi connectivity index (χ0v) is 21.5. The number of amides is 2. The van der Waals surface area contributed by atoms with Crippen molar-refractivity contribution in [2.24, 2.45) is 5.92 Å². The average Bonchev–Trinajstić information content (AvgIpc) is 2.85. The maximum absolute atomic E-state index is 13.4. The Morgan fingerprint density at radius 3 is 2.71 bits per heavy atom. The van der Waals surface area contributed by atoms with Crippen LogP contribution in [-0.4, -0.2) is 72.6 Å². The molecule has 2 aromatic rings. The van der Waals surface area contributed by atoms with E-state index in [9.17, 15) is 9.59 Å². The Hall–Kier alpha value is -2.97. The zero-order valence-electron chi connectivity index (χ0n) is 21.5. The fourth-order valence-electron chi connectivity index (χ4n) is 4.30. The molecule has 1 aromatic heterocycles. The summed E-state index contributed by atoms with van der Waals surface area (Å²) in [7, 11) is 3.46. The molecule has 3 rings (SSSR count). The minimum atomic E-state index is -0.167. The van der Waals surface area contributed by atoms with E-state index >= 15 is 0 Å². The Morgan fingerprint density at radius 1 is 1.23 bits per heavy atom. The first kappa shape index (κ1) is 26.6. The SMILES string of the molecule is CCCC(=O)Nc1ccc2c(c1)C(=O)N(C)C[C@@H](OC)[C@H](C)CN(Cc1ccccn1)[C@@H](C)CO2. The summed E-state index contributed by atoms with van der Waals surface area (Å²) in [5, 5.41) is 2.88. The van der Waals surface area contributed by atoms with Gasteiger partial charge in [0.15, 0.2) is 0 Å². The first-order valence-corrected chi connectivity index (χ1v) is 12.3. The van der Waals surface area contributed by atoms with E-state index in [0.29, 0.717) is 43.1 Å². The molecule has 0 radical (unpaired) electrons. The third-order valence-corrected chi connectivity index (χ3v) is 6.43. The van der Waals surface area contributed by atoms with Crippen molar-refractivity contribution in [3.63, 3.8) is 0 Å². The predicted molar refractivity (Wildman–Crippen MR) is 137 cm³/mol. The lowest BCUT2D eigenvalue weighted by Crippen LogP contribution is -2.46. The molecule has 0 saturated heterocycles. The number of carbonyl (C=O) groups is 2. The largest absolute Gasteiger partial charge is 0.491 e. The molecule has 8 heteroatoms. The quantitative estimate of drug-likeness (QED) is 0.674. The second kappa shape index (κ2) is 12.7. The molecule has 2 heterocycles. The number of ether oxygens (including phenoxy) is 2. The summed E-state index contributed by atoms with van der Waals surface area (Å²) < 4.78 is 12.0. The van der Waals surface area contributed by atoms with Crippen molar-refractivity contribution >= 4 is 17.5 Å². The van der Waals surface area contributed by atoms with E-state index in [1.807, 2.05) is 31.3 Å². The lowest BCUT2D eigenvalue weighted by Gasteiger charge is -2.35. The summed E-state index contributed by atoms with van der Waals surface area (Å²) in [6, 6.07) is 11.3. The molecule has 8 nitrogen and oxygen atoms in total. The highest BCUT2D eigenvalue weighted by atomic mass is 16.5. The lowest BCUT2D eigenvalue weighted by atomic mass is 10.0. The summed E-state index contributed by atoms with van der Waals surface area (Å²) in [4.78, 5) is 34.1. The van der Waals surface area contributed by atoms with E-state index in [1.54, 1.807) is 37.3 Å². The molecule has 0 fully saturated rings. The van der Waals surface area contributed by atoms with Crippen molar-refractivity contribution in [1.29, 1.82) is 0 Å². The molecule has 1 aliphatic heterocycles. The van der Waals surface area contributed by atoms with Crippen LogP contribution in [0.2, 0.25) is 0 Å². The molecule has 0 bridgehead atoms. The standard InChI is InChI=1S/C27H38N4O4/c1-6-9-26(32)29-21-11-12-24-23(14-21)27(33)30(4)17-25(34-5)19(2)15-31(20(3)18-35-24)16-22-10-7-8-13-28-22/h7-8,10-14,19-20,25H,6,9,15-18H2,1-5H3,(H,29,32)/t19-,20+,25-/m1/s1. The fraction of sp³-hybridized carbons (Fsp3) is 0.519. The number of pyridine rings is 1. The van der Waals surface area contributed by atoms with E-state index in [1.165, 1.54) is 0 Å². The number of nitrogens with one attached hydrogen (secondary N) is 1. The number of aromatic nitrogens is 1. The highest BCUT2D eigenvalue weighted by Crippen LogP contribution is 2.27. The van der Waals surface area contributed by atoms with Gasteiger partial charge in [0.25, 0.3) is 5.91 Å². The van der Waals surface area contributed by atoms with Crippen LogP contribution in [0.4, 0.5) is 5.69 Å². The van der Waals surface area contributed by atoms with Crippen LogP contribution in [0.3, 0.4) is 0 Å². The first-order valence-electron chi connectivity index (χ1n) is 12.3. The second-order valence-corrected chi connectivity index (χ2v) is 9.36. The Bertz CT molecular complexity index is 984. The molecule has 35 heavy (non-hydrogen) atoms. The van der Waals surface area contributed by atoms with Gasteiger partial charge in [-0.3, -0.25) is 19.5 Å². The van der Waals surface area contributed by atoms with Crippen molar-refractivity contribution < 1.29 is 19.1 Å². The summed E-state index contributed by atoms with van der Waals surface area (Å²) in [6.07, 6.45) is 2.85. The van der Waals surface area contributed by atoms with Gasteiger partial charge in [-0.25, -0.2) is 0 Å². The molecular weight excluding hydrogens is 444 g/mol. The van der Waals surface area contributed by atoms with Crippen LogP contribution in [-0.2, 0) is 16.1 Å². The summed E-state index contributed by atoms with van der Waals surface area (Å²) in [5.74, 6) is 0.427. The van der Waals surface area contributed by atoms with Crippen molar-refractivity contribution in [2.45, 2.75) is 52.3 Å². The van der Waals surface area contributed by atoms with Crippen LogP contribution >= 0.6 is 0 Å². The van der Waals surface area contributed by atoms with Crippen molar-refractivity contribution in [3.8, 4) is 5.75 Å². The van der Waals surface area contributed by atoms with E-state index in [0.717, 1.165) is 18.7 Å². The van der Waals surface area contributed by atoms with Gasteiger partial charge in [0.2, 0.25) is 5.91 Å². The number of carbonyl (C=O) groups excluding carboxylic acids is 2. The number of methoxy groups -OCH3 is 1. The Morgan fingerprint density at radius 2 is 2.03 bits per heavy atom. The minimum absolute atomic E-state index is 0.0704. The van der Waals surface area contributed by atoms with Gasteiger partial charge in [-0.05, 0) is 49.6 Å². The number of hydrogen-bond acceptors (Lipinski definition) is 6. The number of rotatable bonds is 6. The highest BCUT2D eigenvalue weighted by Gasteiger charge is 2.28. The van der Waals surface area contributed by atoms with Crippen LogP contribution in [0.1, 0.15) is 49.7 Å².